The molecule has 4 heterocycles. The van der Waals surface area contributed by atoms with Crippen molar-refractivity contribution in [2.24, 2.45) is 11.0 Å². The van der Waals surface area contributed by atoms with Crippen LogP contribution in [-0.4, -0.2) is 75.1 Å². The fraction of sp³-hybridized carbons (Fsp3) is 0.381. The molecule has 1 aromatic carbocycles. The number of amides is 1. The summed E-state index contributed by atoms with van der Waals surface area (Å²) in [4.78, 5) is 16.8. The standard InChI is InChI=1S/C21H25N13O2/c1-13-7-9-32(10-8-13)11-17-18(26-31-33(17)20-19(22)28-36-29-20)21(35)27-25-14(2)15-3-5-16(6-4-15)34-24-12-23-30-34/h3-6,12-13H,7-11H2,1-2H3,(H2,22,28)(H,27,35)/b25-14-. The summed E-state index contributed by atoms with van der Waals surface area (Å²) >= 11 is 0. The second-order valence-corrected chi connectivity index (χ2v) is 8.64. The third-order valence-electron chi connectivity index (χ3n) is 6.11. The Bertz CT molecular complexity index is 1350. The highest BCUT2D eigenvalue weighted by Crippen LogP contribution is 2.22. The van der Waals surface area contributed by atoms with Crippen molar-refractivity contribution in [2.45, 2.75) is 33.2 Å². The van der Waals surface area contributed by atoms with Gasteiger partial charge in [0.2, 0.25) is 11.6 Å². The lowest BCUT2D eigenvalue weighted by molar-refractivity contribution is 0.0946. The van der Waals surface area contributed by atoms with Gasteiger partial charge in [-0.2, -0.15) is 9.78 Å². The van der Waals surface area contributed by atoms with Crippen molar-refractivity contribution >= 4 is 17.4 Å². The van der Waals surface area contributed by atoms with Crippen LogP contribution in [0, 0.1) is 5.92 Å². The van der Waals surface area contributed by atoms with E-state index in [2.05, 4.69) is 58.4 Å². The summed E-state index contributed by atoms with van der Waals surface area (Å²) in [5, 5.41) is 31.5. The molecule has 1 saturated heterocycles. The highest BCUT2D eigenvalue weighted by Gasteiger charge is 2.27. The number of aromatic nitrogens is 9. The first kappa shape index (κ1) is 23.2. The molecule has 5 rings (SSSR count). The van der Waals surface area contributed by atoms with Crippen molar-refractivity contribution in [2.75, 3.05) is 18.8 Å². The van der Waals surface area contributed by atoms with E-state index >= 15 is 0 Å². The molecule has 186 valence electrons. The Morgan fingerprint density at radius 1 is 1.19 bits per heavy atom. The Balaban J connectivity index is 1.35. The van der Waals surface area contributed by atoms with E-state index in [9.17, 15) is 4.79 Å². The van der Waals surface area contributed by atoms with Crippen molar-refractivity contribution in [1.29, 1.82) is 0 Å². The van der Waals surface area contributed by atoms with E-state index in [0.717, 1.165) is 37.2 Å². The molecule has 36 heavy (non-hydrogen) atoms. The highest BCUT2D eigenvalue weighted by molar-refractivity contribution is 6.00. The van der Waals surface area contributed by atoms with Crippen LogP contribution >= 0.6 is 0 Å². The molecule has 1 fully saturated rings. The highest BCUT2D eigenvalue weighted by atomic mass is 16.6. The zero-order valence-corrected chi connectivity index (χ0v) is 19.8. The van der Waals surface area contributed by atoms with Gasteiger partial charge in [0.05, 0.1) is 17.1 Å². The number of carbonyl (C=O) groups excluding carboxylic acids is 1. The molecule has 15 heteroatoms. The molecule has 0 saturated carbocycles. The van der Waals surface area contributed by atoms with Crippen LogP contribution in [0.4, 0.5) is 5.82 Å². The van der Waals surface area contributed by atoms with Gasteiger partial charge in [-0.1, -0.05) is 24.3 Å². The number of tetrazole rings is 1. The second-order valence-electron chi connectivity index (χ2n) is 8.64. The van der Waals surface area contributed by atoms with Gasteiger partial charge in [0.25, 0.3) is 5.91 Å². The summed E-state index contributed by atoms with van der Waals surface area (Å²) in [5.41, 5.74) is 11.3. The molecule has 0 atom stereocenters. The lowest BCUT2D eigenvalue weighted by Crippen LogP contribution is -2.34. The van der Waals surface area contributed by atoms with Crippen molar-refractivity contribution in [3.8, 4) is 11.5 Å². The smallest absolute Gasteiger partial charge is 0.293 e. The molecular weight excluding hydrogens is 466 g/mol. The monoisotopic (exact) mass is 491 g/mol. The molecule has 0 bridgehead atoms. The fourth-order valence-electron chi connectivity index (χ4n) is 3.93. The Morgan fingerprint density at radius 3 is 2.64 bits per heavy atom. The first-order chi connectivity index (χ1) is 17.5. The SMILES string of the molecule is C/C(=N/NC(=O)c1nnn(-c2nonc2N)c1CN1CCC(C)CC1)c1ccc(-n2ncnn2)cc1. The lowest BCUT2D eigenvalue weighted by atomic mass is 9.99. The predicted octanol–water partition coefficient (Wildman–Crippen LogP) is 0.594. The number of hydrogen-bond acceptors (Lipinski definition) is 12. The summed E-state index contributed by atoms with van der Waals surface area (Å²) in [6.07, 6.45) is 3.51. The maximum Gasteiger partial charge on any atom is 0.293 e. The van der Waals surface area contributed by atoms with Crippen LogP contribution in [0.15, 0.2) is 40.3 Å². The number of nitrogens with two attached hydrogens (primary N) is 1. The van der Waals surface area contributed by atoms with Gasteiger partial charge in [0, 0.05) is 6.54 Å². The van der Waals surface area contributed by atoms with E-state index in [1.807, 2.05) is 24.3 Å². The number of anilines is 1. The third kappa shape index (κ3) is 4.81. The van der Waals surface area contributed by atoms with Crippen LogP contribution in [-0.2, 0) is 6.54 Å². The summed E-state index contributed by atoms with van der Waals surface area (Å²) < 4.78 is 6.12. The predicted molar refractivity (Wildman–Crippen MR) is 126 cm³/mol. The molecule has 3 N–H and O–H groups in total. The zero-order valence-electron chi connectivity index (χ0n) is 19.8. The number of benzene rings is 1. The van der Waals surface area contributed by atoms with Crippen molar-refractivity contribution in [3.05, 3.63) is 47.5 Å². The first-order valence-electron chi connectivity index (χ1n) is 11.4. The number of nitrogens with zero attached hydrogens (tertiary/aromatic N) is 11. The van der Waals surface area contributed by atoms with Crippen LogP contribution in [0.5, 0.6) is 0 Å². The molecule has 3 aromatic heterocycles. The topological polar surface area (TPSA) is 184 Å². The number of carbonyl (C=O) groups is 1. The van der Waals surface area contributed by atoms with Gasteiger partial charge in [-0.3, -0.25) is 9.69 Å². The number of piperidine rings is 1. The summed E-state index contributed by atoms with van der Waals surface area (Å²) in [6.45, 7) is 6.27. The number of hydrogen-bond donors (Lipinski definition) is 2. The zero-order chi connectivity index (χ0) is 25.1. The van der Waals surface area contributed by atoms with E-state index in [1.165, 1.54) is 15.8 Å². The van der Waals surface area contributed by atoms with Gasteiger partial charge in [0.15, 0.2) is 12.0 Å². The van der Waals surface area contributed by atoms with Gasteiger partial charge >= 0.3 is 0 Å². The van der Waals surface area contributed by atoms with E-state index in [-0.39, 0.29) is 17.3 Å². The molecule has 1 aliphatic rings. The Kier molecular flexibility index (Phi) is 6.44. The van der Waals surface area contributed by atoms with Crippen LogP contribution < -0.4 is 11.2 Å². The minimum absolute atomic E-state index is 0.0544. The maximum atomic E-state index is 13.1. The normalized spacial score (nSPS) is 15.3. The van der Waals surface area contributed by atoms with Crippen LogP contribution in [0.3, 0.4) is 0 Å². The number of nitrogen functional groups attached to an aromatic ring is 1. The molecule has 0 aliphatic carbocycles. The maximum absolute atomic E-state index is 13.1. The largest absolute Gasteiger partial charge is 0.378 e. The quantitative estimate of drug-likeness (QED) is 0.272. The van der Waals surface area contributed by atoms with E-state index in [1.54, 1.807) is 6.92 Å². The average Bonchev–Trinajstić information content (AvgIpc) is 3.65. The Labute approximate surface area is 205 Å². The third-order valence-corrected chi connectivity index (χ3v) is 6.11. The van der Waals surface area contributed by atoms with E-state index in [4.69, 9.17) is 10.4 Å². The van der Waals surface area contributed by atoms with Crippen molar-refractivity contribution < 1.29 is 9.42 Å². The summed E-state index contributed by atoms with van der Waals surface area (Å²) in [7, 11) is 0. The van der Waals surface area contributed by atoms with Crippen LogP contribution in [0.2, 0.25) is 0 Å². The van der Waals surface area contributed by atoms with Gasteiger partial charge < -0.3 is 5.73 Å². The van der Waals surface area contributed by atoms with E-state index < -0.39 is 5.91 Å². The first-order valence-corrected chi connectivity index (χ1v) is 11.4. The van der Waals surface area contributed by atoms with Crippen LogP contribution in [0.25, 0.3) is 11.5 Å². The minimum atomic E-state index is -0.501. The second kappa shape index (κ2) is 9.99. The Hall–Kier alpha value is -4.53. The van der Waals surface area contributed by atoms with Gasteiger partial charge in [-0.25, -0.2) is 10.1 Å². The molecule has 0 spiro atoms. The van der Waals surface area contributed by atoms with Crippen molar-refractivity contribution in [3.63, 3.8) is 0 Å². The molecule has 1 aliphatic heterocycles. The molecule has 1 amide bonds. The van der Waals surface area contributed by atoms with Gasteiger partial charge in [0.1, 0.15) is 0 Å². The van der Waals surface area contributed by atoms with Crippen molar-refractivity contribution in [1.82, 2.24) is 55.8 Å². The molecule has 4 aromatic rings. The number of likely N-dealkylation sites (tertiary alicyclic amines) is 1. The van der Waals surface area contributed by atoms with Crippen LogP contribution in [0.1, 0.15) is 48.4 Å². The fourth-order valence-corrected chi connectivity index (χ4v) is 3.93. The summed E-state index contributed by atoms with van der Waals surface area (Å²) in [5.74, 6) is 0.406. The van der Waals surface area contributed by atoms with Gasteiger partial charge in [-0.15, -0.1) is 20.1 Å². The van der Waals surface area contributed by atoms with E-state index in [0.29, 0.717) is 23.9 Å². The molecular formula is C21H25N13O2. The number of rotatable bonds is 7. The molecule has 0 radical (unpaired) electrons. The molecule has 15 nitrogen and oxygen atoms in total. The number of nitrogens with one attached hydrogen (secondary N) is 1. The number of hydrazone groups is 1. The average molecular weight is 492 g/mol. The summed E-state index contributed by atoms with van der Waals surface area (Å²) in [6, 6.07) is 7.36. The molecule has 0 unspecified atom stereocenters. The Morgan fingerprint density at radius 2 is 1.97 bits per heavy atom. The van der Waals surface area contributed by atoms with Gasteiger partial charge in [-0.05, 0) is 72.0 Å². The minimum Gasteiger partial charge on any atom is -0.378 e. The lowest BCUT2D eigenvalue weighted by Gasteiger charge is -2.30.